The molecule has 0 fully saturated rings. The van der Waals surface area contributed by atoms with Gasteiger partial charge in [0.2, 0.25) is 0 Å². The number of aliphatic carboxylic acids is 1. The van der Waals surface area contributed by atoms with Crippen LogP contribution in [-0.2, 0) is 27.7 Å². The van der Waals surface area contributed by atoms with E-state index in [1.807, 2.05) is 6.07 Å². The number of anilines is 1. The third kappa shape index (κ3) is 4.09. The molecular weight excluding hydrogens is 338 g/mol. The third-order valence-electron chi connectivity index (χ3n) is 4.25. The van der Waals surface area contributed by atoms with E-state index in [-0.39, 0.29) is 4.90 Å². The number of rotatable bonds is 5. The van der Waals surface area contributed by atoms with Crippen molar-refractivity contribution in [1.82, 2.24) is 0 Å². The molecule has 5 nitrogen and oxygen atoms in total. The Balaban J connectivity index is 1.84. The zero-order valence-corrected chi connectivity index (χ0v) is 14.4. The van der Waals surface area contributed by atoms with E-state index in [0.717, 1.165) is 37.3 Å². The van der Waals surface area contributed by atoms with E-state index in [1.165, 1.54) is 23.8 Å². The van der Waals surface area contributed by atoms with Gasteiger partial charge < -0.3 is 5.11 Å². The fraction of sp³-hybridized carbons (Fsp3) is 0.211. The quantitative estimate of drug-likeness (QED) is 0.803. The highest BCUT2D eigenvalue weighted by atomic mass is 32.2. The predicted octanol–water partition coefficient (Wildman–Crippen LogP) is 3.46. The number of hydrogen-bond acceptors (Lipinski definition) is 3. The normalized spacial score (nSPS) is 14.2. The number of carbonyl (C=O) groups is 1. The molecule has 2 N–H and O–H groups in total. The van der Waals surface area contributed by atoms with Crippen LogP contribution in [0.3, 0.4) is 0 Å². The number of sulfonamides is 1. The minimum Gasteiger partial charge on any atom is -0.478 e. The Labute approximate surface area is 147 Å². The number of nitrogens with one attached hydrogen (secondary N) is 1. The second kappa shape index (κ2) is 7.11. The van der Waals surface area contributed by atoms with Crippen LogP contribution in [0.4, 0.5) is 5.69 Å². The maximum absolute atomic E-state index is 12.6. The highest BCUT2D eigenvalue weighted by Gasteiger charge is 2.18. The van der Waals surface area contributed by atoms with Gasteiger partial charge in [-0.15, -0.1) is 0 Å². The van der Waals surface area contributed by atoms with Gasteiger partial charge in [-0.3, -0.25) is 4.72 Å². The van der Waals surface area contributed by atoms with Gasteiger partial charge in [-0.25, -0.2) is 13.2 Å². The van der Waals surface area contributed by atoms with E-state index < -0.39 is 16.0 Å². The second-order valence-electron chi connectivity index (χ2n) is 6.00. The Bertz CT molecular complexity index is 915. The molecule has 1 aliphatic carbocycles. The SMILES string of the molecule is O=C(O)C=Cc1ccc(S(=O)(=O)Nc2cccc3c2CCCC3)cc1. The first kappa shape index (κ1) is 17.2. The molecule has 6 heteroatoms. The number of carboxylic acids is 1. The van der Waals surface area contributed by atoms with Gasteiger partial charge in [-0.05, 0) is 66.6 Å². The summed E-state index contributed by atoms with van der Waals surface area (Å²) >= 11 is 0. The largest absolute Gasteiger partial charge is 0.478 e. The van der Waals surface area contributed by atoms with E-state index in [0.29, 0.717) is 11.3 Å². The Morgan fingerprint density at radius 1 is 1.04 bits per heavy atom. The number of hydrogen-bond donors (Lipinski definition) is 2. The zero-order chi connectivity index (χ0) is 17.9. The topological polar surface area (TPSA) is 83.5 Å². The van der Waals surface area contributed by atoms with Gasteiger partial charge in [0.1, 0.15) is 0 Å². The molecular formula is C19H19NO4S. The van der Waals surface area contributed by atoms with Crippen LogP contribution in [0.5, 0.6) is 0 Å². The first-order valence-corrected chi connectivity index (χ1v) is 9.59. The highest BCUT2D eigenvalue weighted by Crippen LogP contribution is 2.29. The average Bonchev–Trinajstić information content (AvgIpc) is 2.60. The van der Waals surface area contributed by atoms with Crippen molar-refractivity contribution >= 4 is 27.8 Å². The molecule has 0 saturated carbocycles. The van der Waals surface area contributed by atoms with Gasteiger partial charge in [0.05, 0.1) is 10.6 Å². The first-order valence-electron chi connectivity index (χ1n) is 8.10. The molecule has 1 aliphatic rings. The van der Waals surface area contributed by atoms with Crippen molar-refractivity contribution in [2.75, 3.05) is 4.72 Å². The first-order chi connectivity index (χ1) is 12.0. The van der Waals surface area contributed by atoms with Crippen molar-refractivity contribution in [1.29, 1.82) is 0 Å². The monoisotopic (exact) mass is 357 g/mol. The van der Waals surface area contributed by atoms with Gasteiger partial charge in [-0.2, -0.15) is 0 Å². The van der Waals surface area contributed by atoms with Crippen molar-refractivity contribution in [3.8, 4) is 0 Å². The smallest absolute Gasteiger partial charge is 0.328 e. The maximum Gasteiger partial charge on any atom is 0.328 e. The molecule has 3 rings (SSSR count). The fourth-order valence-corrected chi connectivity index (χ4v) is 4.10. The van der Waals surface area contributed by atoms with Crippen LogP contribution < -0.4 is 4.72 Å². The summed E-state index contributed by atoms with van der Waals surface area (Å²) in [5, 5.41) is 8.63. The summed E-state index contributed by atoms with van der Waals surface area (Å²) in [5.41, 5.74) is 3.56. The van der Waals surface area contributed by atoms with Crippen molar-refractivity contribution in [2.24, 2.45) is 0 Å². The zero-order valence-electron chi connectivity index (χ0n) is 13.6. The van der Waals surface area contributed by atoms with Gasteiger partial charge in [0, 0.05) is 6.08 Å². The van der Waals surface area contributed by atoms with Crippen molar-refractivity contribution < 1.29 is 18.3 Å². The standard InChI is InChI=1S/C19H19NO4S/c21-19(22)13-10-14-8-11-16(12-9-14)25(23,24)20-18-7-3-5-15-4-1-2-6-17(15)18/h3,5,7-13,20H,1-2,4,6H2,(H,21,22). The van der Waals surface area contributed by atoms with Crippen LogP contribution in [0.2, 0.25) is 0 Å². The minimum atomic E-state index is -3.69. The molecule has 2 aromatic rings. The summed E-state index contributed by atoms with van der Waals surface area (Å²) in [6.07, 6.45) is 6.49. The van der Waals surface area contributed by atoms with E-state index >= 15 is 0 Å². The Kier molecular flexibility index (Phi) is 4.90. The van der Waals surface area contributed by atoms with Crippen molar-refractivity contribution in [3.63, 3.8) is 0 Å². The van der Waals surface area contributed by atoms with E-state index in [1.54, 1.807) is 18.2 Å². The molecule has 0 radical (unpaired) electrons. The molecule has 130 valence electrons. The molecule has 0 spiro atoms. The van der Waals surface area contributed by atoms with Gasteiger partial charge >= 0.3 is 5.97 Å². The predicted molar refractivity (Wildman–Crippen MR) is 97.0 cm³/mol. The molecule has 0 bridgehead atoms. The summed E-state index contributed by atoms with van der Waals surface area (Å²) in [6.45, 7) is 0. The molecule has 0 unspecified atom stereocenters. The van der Waals surface area contributed by atoms with Gasteiger partial charge in [-0.1, -0.05) is 24.3 Å². The summed E-state index contributed by atoms with van der Waals surface area (Å²) in [4.78, 5) is 10.7. The van der Waals surface area contributed by atoms with Crippen LogP contribution >= 0.6 is 0 Å². The van der Waals surface area contributed by atoms with Crippen LogP contribution in [0.1, 0.15) is 29.5 Å². The van der Waals surface area contributed by atoms with E-state index in [9.17, 15) is 13.2 Å². The van der Waals surface area contributed by atoms with Crippen LogP contribution in [0.25, 0.3) is 6.08 Å². The molecule has 2 aromatic carbocycles. The third-order valence-corrected chi connectivity index (χ3v) is 5.63. The maximum atomic E-state index is 12.6. The molecule has 0 heterocycles. The van der Waals surface area contributed by atoms with Crippen molar-refractivity contribution in [2.45, 2.75) is 30.6 Å². The molecule has 0 amide bonds. The number of benzene rings is 2. The Morgan fingerprint density at radius 2 is 1.76 bits per heavy atom. The lowest BCUT2D eigenvalue weighted by Gasteiger charge is -2.20. The Morgan fingerprint density at radius 3 is 2.48 bits per heavy atom. The summed E-state index contributed by atoms with van der Waals surface area (Å²) in [7, 11) is -3.69. The summed E-state index contributed by atoms with van der Waals surface area (Å²) in [5.74, 6) is -1.05. The van der Waals surface area contributed by atoms with Crippen molar-refractivity contribution in [3.05, 3.63) is 65.2 Å². The molecule has 0 aromatic heterocycles. The van der Waals surface area contributed by atoms with Crippen LogP contribution in [0, 0.1) is 0 Å². The lowest BCUT2D eigenvalue weighted by molar-refractivity contribution is -0.131. The summed E-state index contributed by atoms with van der Waals surface area (Å²) in [6, 6.07) is 11.8. The van der Waals surface area contributed by atoms with E-state index in [4.69, 9.17) is 5.11 Å². The lowest BCUT2D eigenvalue weighted by atomic mass is 9.91. The fourth-order valence-electron chi connectivity index (χ4n) is 3.01. The Hall–Kier alpha value is -2.60. The van der Waals surface area contributed by atoms with E-state index in [2.05, 4.69) is 10.8 Å². The number of carboxylic acid groups (broad SMARTS) is 1. The lowest BCUT2D eigenvalue weighted by Crippen LogP contribution is -2.16. The van der Waals surface area contributed by atoms with Crippen LogP contribution in [-0.4, -0.2) is 19.5 Å². The highest BCUT2D eigenvalue weighted by molar-refractivity contribution is 7.92. The average molecular weight is 357 g/mol. The number of fused-ring (bicyclic) bond motifs is 1. The molecule has 0 aliphatic heterocycles. The molecule has 0 atom stereocenters. The number of aryl methyl sites for hydroxylation is 1. The molecule has 25 heavy (non-hydrogen) atoms. The molecule has 0 saturated heterocycles. The minimum absolute atomic E-state index is 0.147. The second-order valence-corrected chi connectivity index (χ2v) is 7.68. The van der Waals surface area contributed by atoms with Crippen LogP contribution in [0.15, 0.2) is 53.4 Å². The summed E-state index contributed by atoms with van der Waals surface area (Å²) < 4.78 is 28.0. The van der Waals surface area contributed by atoms with Gasteiger partial charge in [0.15, 0.2) is 0 Å². The van der Waals surface area contributed by atoms with Gasteiger partial charge in [0.25, 0.3) is 10.0 Å².